The summed E-state index contributed by atoms with van der Waals surface area (Å²) >= 11 is 1.82. The molecular formula is C14H24N2S. The second-order valence-corrected chi connectivity index (χ2v) is 5.26. The van der Waals surface area contributed by atoms with Crippen LogP contribution in [0.2, 0.25) is 0 Å². The van der Waals surface area contributed by atoms with E-state index in [-0.39, 0.29) is 0 Å². The van der Waals surface area contributed by atoms with Gasteiger partial charge in [0.1, 0.15) is 0 Å². The van der Waals surface area contributed by atoms with Crippen molar-refractivity contribution in [1.29, 1.82) is 0 Å². The lowest BCUT2D eigenvalue weighted by Crippen LogP contribution is -2.28. The van der Waals surface area contributed by atoms with Crippen LogP contribution in [-0.4, -0.2) is 0 Å². The molecule has 0 saturated carbocycles. The Labute approximate surface area is 109 Å². The van der Waals surface area contributed by atoms with Crippen LogP contribution in [-0.2, 0) is 6.42 Å². The molecule has 0 aliphatic carbocycles. The van der Waals surface area contributed by atoms with Gasteiger partial charge in [0.2, 0.25) is 0 Å². The van der Waals surface area contributed by atoms with Crippen LogP contribution >= 0.6 is 11.3 Å². The molecule has 3 N–H and O–H groups in total. The molecule has 96 valence electrons. The van der Waals surface area contributed by atoms with Crippen molar-refractivity contribution in [3.8, 4) is 0 Å². The standard InChI is InChI=1S/C14H24N2S/c1-3-5-6-7-8-9-13(16-15)14-12(4-2)10-11-17-14/h3,10-11,13,16H,1,4-9,15H2,2H3. The zero-order valence-electron chi connectivity index (χ0n) is 10.7. The molecule has 0 aliphatic heterocycles. The van der Waals surface area contributed by atoms with Gasteiger partial charge in [0.15, 0.2) is 0 Å². The molecule has 1 atom stereocenters. The van der Waals surface area contributed by atoms with Gasteiger partial charge in [0.05, 0.1) is 6.04 Å². The number of allylic oxidation sites excluding steroid dienone is 1. The lowest BCUT2D eigenvalue weighted by Gasteiger charge is -2.16. The van der Waals surface area contributed by atoms with Gasteiger partial charge in [-0.1, -0.05) is 25.8 Å². The molecular weight excluding hydrogens is 228 g/mol. The van der Waals surface area contributed by atoms with E-state index < -0.39 is 0 Å². The molecule has 0 amide bonds. The van der Waals surface area contributed by atoms with Crippen LogP contribution in [0.5, 0.6) is 0 Å². The van der Waals surface area contributed by atoms with Gasteiger partial charge in [-0.05, 0) is 42.7 Å². The number of nitrogens with two attached hydrogens (primary N) is 1. The van der Waals surface area contributed by atoms with Gasteiger partial charge in [-0.25, -0.2) is 0 Å². The maximum atomic E-state index is 5.67. The fraction of sp³-hybridized carbons (Fsp3) is 0.571. The van der Waals surface area contributed by atoms with Crippen molar-refractivity contribution in [1.82, 2.24) is 5.43 Å². The molecule has 17 heavy (non-hydrogen) atoms. The average Bonchev–Trinajstić information content (AvgIpc) is 2.82. The largest absolute Gasteiger partial charge is 0.271 e. The smallest absolute Gasteiger partial charge is 0.0556 e. The number of rotatable bonds is 9. The summed E-state index contributed by atoms with van der Waals surface area (Å²) in [5.74, 6) is 5.67. The Bertz CT molecular complexity index is 320. The van der Waals surface area contributed by atoms with Crippen molar-refractivity contribution in [2.75, 3.05) is 0 Å². The van der Waals surface area contributed by atoms with E-state index in [4.69, 9.17) is 5.84 Å². The highest BCUT2D eigenvalue weighted by Crippen LogP contribution is 2.28. The van der Waals surface area contributed by atoms with Gasteiger partial charge in [-0.15, -0.1) is 17.9 Å². The van der Waals surface area contributed by atoms with Crippen molar-refractivity contribution in [2.24, 2.45) is 5.84 Å². The molecule has 0 saturated heterocycles. The summed E-state index contributed by atoms with van der Waals surface area (Å²) in [7, 11) is 0. The SMILES string of the molecule is C=CCCCCCC(NN)c1sccc1CC. The normalized spacial score (nSPS) is 12.6. The number of aryl methyl sites for hydroxylation is 1. The molecule has 2 nitrogen and oxygen atoms in total. The highest BCUT2D eigenvalue weighted by atomic mass is 32.1. The zero-order valence-corrected chi connectivity index (χ0v) is 11.6. The molecule has 1 rings (SSSR count). The van der Waals surface area contributed by atoms with E-state index in [9.17, 15) is 0 Å². The summed E-state index contributed by atoms with van der Waals surface area (Å²) in [6.45, 7) is 5.94. The average molecular weight is 252 g/mol. The van der Waals surface area contributed by atoms with Crippen LogP contribution in [0.4, 0.5) is 0 Å². The van der Waals surface area contributed by atoms with Gasteiger partial charge >= 0.3 is 0 Å². The van der Waals surface area contributed by atoms with E-state index in [2.05, 4.69) is 30.4 Å². The molecule has 1 aromatic heterocycles. The third-order valence-electron chi connectivity index (χ3n) is 3.08. The zero-order chi connectivity index (χ0) is 12.5. The van der Waals surface area contributed by atoms with E-state index in [1.807, 2.05) is 17.4 Å². The lowest BCUT2D eigenvalue weighted by atomic mass is 10.0. The van der Waals surface area contributed by atoms with Crippen LogP contribution in [0.25, 0.3) is 0 Å². The Morgan fingerprint density at radius 2 is 2.29 bits per heavy atom. The van der Waals surface area contributed by atoms with Gasteiger partial charge in [0, 0.05) is 4.88 Å². The van der Waals surface area contributed by atoms with Crippen molar-refractivity contribution in [3.63, 3.8) is 0 Å². The van der Waals surface area contributed by atoms with E-state index >= 15 is 0 Å². The molecule has 0 aliphatic rings. The summed E-state index contributed by atoms with van der Waals surface area (Å²) in [5, 5.41) is 2.16. The first kappa shape index (κ1) is 14.4. The van der Waals surface area contributed by atoms with Crippen LogP contribution in [0.15, 0.2) is 24.1 Å². The second-order valence-electron chi connectivity index (χ2n) is 4.31. The summed E-state index contributed by atoms with van der Waals surface area (Å²) in [4.78, 5) is 1.42. The van der Waals surface area contributed by atoms with Gasteiger partial charge in [-0.3, -0.25) is 11.3 Å². The quantitative estimate of drug-likeness (QED) is 0.302. The Morgan fingerprint density at radius 3 is 2.94 bits per heavy atom. The summed E-state index contributed by atoms with van der Waals surface area (Å²) in [5.41, 5.74) is 4.39. The van der Waals surface area contributed by atoms with Crippen molar-refractivity contribution < 1.29 is 0 Å². The molecule has 0 aromatic carbocycles. The minimum atomic E-state index is 0.327. The lowest BCUT2D eigenvalue weighted by molar-refractivity contribution is 0.488. The van der Waals surface area contributed by atoms with E-state index in [0.29, 0.717) is 6.04 Å². The highest BCUT2D eigenvalue weighted by molar-refractivity contribution is 7.10. The van der Waals surface area contributed by atoms with Crippen LogP contribution in [0, 0.1) is 0 Å². The molecule has 0 fully saturated rings. The molecule has 1 heterocycles. The summed E-state index contributed by atoms with van der Waals surface area (Å²) < 4.78 is 0. The number of thiophene rings is 1. The Morgan fingerprint density at radius 1 is 1.47 bits per heavy atom. The predicted octanol–water partition coefficient (Wildman–Crippen LogP) is 3.95. The third kappa shape index (κ3) is 4.62. The molecule has 3 heteroatoms. The van der Waals surface area contributed by atoms with Crippen LogP contribution < -0.4 is 11.3 Å². The van der Waals surface area contributed by atoms with Gasteiger partial charge in [0.25, 0.3) is 0 Å². The second kappa shape index (κ2) is 8.45. The summed E-state index contributed by atoms with van der Waals surface area (Å²) in [6, 6.07) is 2.54. The maximum Gasteiger partial charge on any atom is 0.0556 e. The van der Waals surface area contributed by atoms with E-state index in [0.717, 1.165) is 19.3 Å². The molecule has 0 bridgehead atoms. The first-order chi connectivity index (χ1) is 8.33. The Hall–Kier alpha value is -0.640. The highest BCUT2D eigenvalue weighted by Gasteiger charge is 2.13. The third-order valence-corrected chi connectivity index (χ3v) is 4.15. The summed E-state index contributed by atoms with van der Waals surface area (Å²) in [6.07, 6.45) is 9.06. The van der Waals surface area contributed by atoms with Crippen LogP contribution in [0.1, 0.15) is 55.5 Å². The number of hydrogen-bond donors (Lipinski definition) is 2. The number of hydrogen-bond acceptors (Lipinski definition) is 3. The van der Waals surface area contributed by atoms with Crippen LogP contribution in [0.3, 0.4) is 0 Å². The maximum absolute atomic E-state index is 5.67. The van der Waals surface area contributed by atoms with Crippen molar-refractivity contribution in [3.05, 3.63) is 34.5 Å². The van der Waals surface area contributed by atoms with Crippen molar-refractivity contribution >= 4 is 11.3 Å². The number of unbranched alkanes of at least 4 members (excludes halogenated alkanes) is 3. The first-order valence-electron chi connectivity index (χ1n) is 6.46. The van der Waals surface area contributed by atoms with Gasteiger partial charge in [-0.2, -0.15) is 0 Å². The van der Waals surface area contributed by atoms with Gasteiger partial charge < -0.3 is 0 Å². The fourth-order valence-corrected chi connectivity index (χ4v) is 3.14. The Balaban J connectivity index is 2.40. The molecule has 1 unspecified atom stereocenters. The minimum absolute atomic E-state index is 0.327. The molecule has 1 aromatic rings. The van der Waals surface area contributed by atoms with E-state index in [1.165, 1.54) is 29.7 Å². The Kier molecular flexibility index (Phi) is 7.17. The molecule has 0 spiro atoms. The minimum Gasteiger partial charge on any atom is -0.271 e. The molecule has 0 radical (unpaired) electrons. The number of nitrogens with one attached hydrogen (secondary N) is 1. The predicted molar refractivity (Wildman–Crippen MR) is 77.0 cm³/mol. The monoisotopic (exact) mass is 252 g/mol. The fourth-order valence-electron chi connectivity index (χ4n) is 2.05. The van der Waals surface area contributed by atoms with Crippen molar-refractivity contribution in [2.45, 2.75) is 51.5 Å². The first-order valence-corrected chi connectivity index (χ1v) is 7.34. The topological polar surface area (TPSA) is 38.0 Å². The van der Waals surface area contributed by atoms with E-state index in [1.54, 1.807) is 0 Å². The number of hydrazine groups is 1.